The molecule has 1 amide bonds. The van der Waals surface area contributed by atoms with E-state index in [-0.39, 0.29) is 17.9 Å². The van der Waals surface area contributed by atoms with Crippen molar-refractivity contribution < 1.29 is 4.79 Å². The van der Waals surface area contributed by atoms with Gasteiger partial charge in [0.1, 0.15) is 0 Å². The Morgan fingerprint density at radius 1 is 1.14 bits per heavy atom. The summed E-state index contributed by atoms with van der Waals surface area (Å²) in [5.41, 5.74) is 7.12. The molecule has 3 nitrogen and oxygen atoms in total. The molecule has 2 aromatic carbocycles. The third-order valence-corrected chi connectivity index (χ3v) is 4.21. The minimum absolute atomic E-state index is 0.0568. The van der Waals surface area contributed by atoms with Gasteiger partial charge in [-0.25, -0.2) is 0 Å². The standard InChI is InChI=1S/C18H24N2O/c1-4-12(2)17(19)18(21)20-13(3)15-11-7-9-14-8-5-6-10-16(14)15/h5-13,17H,4,19H2,1-3H3,(H,20,21)/t12?,13?,17-/m0/s1. The molecule has 112 valence electrons. The summed E-state index contributed by atoms with van der Waals surface area (Å²) in [5.74, 6) is 0.106. The molecule has 3 atom stereocenters. The summed E-state index contributed by atoms with van der Waals surface area (Å²) in [6, 6.07) is 13.9. The zero-order chi connectivity index (χ0) is 15.4. The Labute approximate surface area is 126 Å². The van der Waals surface area contributed by atoms with Crippen LogP contribution in [0.3, 0.4) is 0 Å². The van der Waals surface area contributed by atoms with E-state index in [1.54, 1.807) is 0 Å². The van der Waals surface area contributed by atoms with Gasteiger partial charge in [0.25, 0.3) is 0 Å². The van der Waals surface area contributed by atoms with Crippen LogP contribution in [0.15, 0.2) is 42.5 Å². The topological polar surface area (TPSA) is 55.1 Å². The van der Waals surface area contributed by atoms with Crippen molar-refractivity contribution in [1.29, 1.82) is 0 Å². The minimum Gasteiger partial charge on any atom is -0.348 e. The van der Waals surface area contributed by atoms with Gasteiger partial charge >= 0.3 is 0 Å². The molecule has 0 aliphatic rings. The van der Waals surface area contributed by atoms with E-state index in [0.29, 0.717) is 0 Å². The summed E-state index contributed by atoms with van der Waals surface area (Å²) in [7, 11) is 0. The van der Waals surface area contributed by atoms with Crippen LogP contribution in [0.5, 0.6) is 0 Å². The third-order valence-electron chi connectivity index (χ3n) is 4.21. The van der Waals surface area contributed by atoms with Crippen LogP contribution >= 0.6 is 0 Å². The second-order valence-electron chi connectivity index (χ2n) is 5.71. The normalized spacial score (nSPS) is 15.4. The van der Waals surface area contributed by atoms with Crippen molar-refractivity contribution in [3.05, 3.63) is 48.0 Å². The third kappa shape index (κ3) is 3.42. The van der Waals surface area contributed by atoms with Crippen molar-refractivity contribution in [2.75, 3.05) is 0 Å². The number of hydrogen-bond donors (Lipinski definition) is 2. The first-order valence-corrected chi connectivity index (χ1v) is 7.58. The fourth-order valence-corrected chi connectivity index (χ4v) is 2.53. The fourth-order valence-electron chi connectivity index (χ4n) is 2.53. The highest BCUT2D eigenvalue weighted by Gasteiger charge is 2.21. The SMILES string of the molecule is CCC(C)[C@H](N)C(=O)NC(C)c1cccc2ccccc12. The highest BCUT2D eigenvalue weighted by molar-refractivity contribution is 5.87. The van der Waals surface area contributed by atoms with Gasteiger partial charge in [-0.1, -0.05) is 62.7 Å². The summed E-state index contributed by atoms with van der Waals surface area (Å²) in [6.45, 7) is 6.06. The van der Waals surface area contributed by atoms with Gasteiger partial charge in [0.2, 0.25) is 5.91 Å². The Morgan fingerprint density at radius 3 is 2.52 bits per heavy atom. The van der Waals surface area contributed by atoms with Crippen LogP contribution in [0.2, 0.25) is 0 Å². The molecule has 0 aliphatic carbocycles. The van der Waals surface area contributed by atoms with Gasteiger partial charge in [0, 0.05) is 0 Å². The molecular formula is C18H24N2O. The highest BCUT2D eigenvalue weighted by atomic mass is 16.2. The molecule has 0 heterocycles. The molecule has 0 aliphatic heterocycles. The van der Waals surface area contributed by atoms with Gasteiger partial charge in [-0.15, -0.1) is 0 Å². The van der Waals surface area contributed by atoms with Crippen molar-refractivity contribution in [3.8, 4) is 0 Å². The largest absolute Gasteiger partial charge is 0.348 e. The first kappa shape index (κ1) is 15.5. The van der Waals surface area contributed by atoms with Crippen molar-refractivity contribution in [1.82, 2.24) is 5.32 Å². The van der Waals surface area contributed by atoms with Crippen molar-refractivity contribution >= 4 is 16.7 Å². The minimum atomic E-state index is -0.451. The van der Waals surface area contributed by atoms with E-state index in [0.717, 1.165) is 12.0 Å². The van der Waals surface area contributed by atoms with Crippen LogP contribution in [0, 0.1) is 5.92 Å². The van der Waals surface area contributed by atoms with Crippen LogP contribution in [-0.4, -0.2) is 11.9 Å². The lowest BCUT2D eigenvalue weighted by molar-refractivity contribution is -0.124. The Kier molecular flexibility index (Phi) is 4.97. The number of fused-ring (bicyclic) bond motifs is 1. The number of rotatable bonds is 5. The molecule has 3 heteroatoms. The predicted molar refractivity (Wildman–Crippen MR) is 87.9 cm³/mol. The molecule has 0 radical (unpaired) electrons. The zero-order valence-electron chi connectivity index (χ0n) is 13.0. The van der Waals surface area contributed by atoms with E-state index >= 15 is 0 Å². The van der Waals surface area contributed by atoms with Gasteiger partial charge < -0.3 is 11.1 Å². The maximum Gasteiger partial charge on any atom is 0.237 e. The molecule has 0 spiro atoms. The van der Waals surface area contributed by atoms with Crippen LogP contribution in [0.25, 0.3) is 10.8 Å². The quantitative estimate of drug-likeness (QED) is 0.884. The second-order valence-corrected chi connectivity index (χ2v) is 5.71. The Bertz CT molecular complexity index is 618. The molecule has 0 aromatic heterocycles. The van der Waals surface area contributed by atoms with Gasteiger partial charge in [0.05, 0.1) is 12.1 Å². The molecule has 3 N–H and O–H groups in total. The van der Waals surface area contributed by atoms with Crippen LogP contribution in [0.4, 0.5) is 0 Å². The maximum absolute atomic E-state index is 12.2. The number of amides is 1. The monoisotopic (exact) mass is 284 g/mol. The lowest BCUT2D eigenvalue weighted by atomic mass is 9.97. The smallest absolute Gasteiger partial charge is 0.237 e. The zero-order valence-corrected chi connectivity index (χ0v) is 13.0. The molecule has 0 fully saturated rings. The second kappa shape index (κ2) is 6.72. The van der Waals surface area contributed by atoms with Gasteiger partial charge in [-0.2, -0.15) is 0 Å². The molecule has 0 saturated heterocycles. The van der Waals surface area contributed by atoms with Crippen molar-refractivity contribution in [2.45, 2.75) is 39.3 Å². The van der Waals surface area contributed by atoms with Crippen molar-refractivity contribution in [3.63, 3.8) is 0 Å². The summed E-state index contributed by atoms with van der Waals surface area (Å²) in [6.07, 6.45) is 0.900. The van der Waals surface area contributed by atoms with Crippen LogP contribution in [0.1, 0.15) is 38.8 Å². The first-order valence-electron chi connectivity index (χ1n) is 7.58. The van der Waals surface area contributed by atoms with E-state index in [4.69, 9.17) is 5.73 Å². The molecule has 0 saturated carbocycles. The average molecular weight is 284 g/mol. The van der Waals surface area contributed by atoms with Gasteiger partial charge in [-0.05, 0) is 29.2 Å². The average Bonchev–Trinajstić information content (AvgIpc) is 2.52. The van der Waals surface area contributed by atoms with Crippen molar-refractivity contribution in [2.24, 2.45) is 11.7 Å². The fraction of sp³-hybridized carbons (Fsp3) is 0.389. The highest BCUT2D eigenvalue weighted by Crippen LogP contribution is 2.24. The molecule has 2 rings (SSSR count). The lowest BCUT2D eigenvalue weighted by Gasteiger charge is -2.22. The molecule has 0 bridgehead atoms. The number of benzene rings is 2. The molecule has 2 aromatic rings. The summed E-state index contributed by atoms with van der Waals surface area (Å²) >= 11 is 0. The van der Waals surface area contributed by atoms with E-state index in [1.165, 1.54) is 10.8 Å². The summed E-state index contributed by atoms with van der Waals surface area (Å²) in [4.78, 5) is 12.2. The summed E-state index contributed by atoms with van der Waals surface area (Å²) < 4.78 is 0. The Morgan fingerprint density at radius 2 is 1.81 bits per heavy atom. The predicted octanol–water partition coefficient (Wildman–Crippen LogP) is 3.39. The van der Waals surface area contributed by atoms with E-state index in [2.05, 4.69) is 29.6 Å². The number of carbonyl (C=O) groups is 1. The number of carbonyl (C=O) groups excluding carboxylic acids is 1. The molecular weight excluding hydrogens is 260 g/mol. The maximum atomic E-state index is 12.2. The summed E-state index contributed by atoms with van der Waals surface area (Å²) in [5, 5.41) is 5.39. The Balaban J connectivity index is 2.19. The van der Waals surface area contributed by atoms with E-state index in [9.17, 15) is 4.79 Å². The number of nitrogens with two attached hydrogens (primary N) is 1. The number of hydrogen-bond acceptors (Lipinski definition) is 2. The van der Waals surface area contributed by atoms with Gasteiger partial charge in [-0.3, -0.25) is 4.79 Å². The van der Waals surface area contributed by atoms with Gasteiger partial charge in [0.15, 0.2) is 0 Å². The van der Waals surface area contributed by atoms with E-state index < -0.39 is 6.04 Å². The first-order chi connectivity index (χ1) is 10.0. The van der Waals surface area contributed by atoms with Crippen LogP contribution in [-0.2, 0) is 4.79 Å². The molecule has 2 unspecified atom stereocenters. The molecule has 21 heavy (non-hydrogen) atoms. The Hall–Kier alpha value is -1.87. The van der Waals surface area contributed by atoms with E-state index in [1.807, 2.05) is 39.0 Å². The number of nitrogens with one attached hydrogen (secondary N) is 1. The van der Waals surface area contributed by atoms with Crippen LogP contribution < -0.4 is 11.1 Å². The lowest BCUT2D eigenvalue weighted by Crippen LogP contribution is -2.45.